The van der Waals surface area contributed by atoms with Crippen molar-refractivity contribution in [2.24, 2.45) is 5.92 Å². The van der Waals surface area contributed by atoms with Crippen molar-refractivity contribution in [3.63, 3.8) is 0 Å². The van der Waals surface area contributed by atoms with Crippen LogP contribution in [0.5, 0.6) is 0 Å². The number of esters is 1. The molecule has 6 heteroatoms. The second-order valence-corrected chi connectivity index (χ2v) is 6.10. The van der Waals surface area contributed by atoms with E-state index in [9.17, 15) is 14.4 Å². The number of ether oxygens (including phenoxy) is 1. The van der Waals surface area contributed by atoms with Gasteiger partial charge in [-0.05, 0) is 30.9 Å². The summed E-state index contributed by atoms with van der Waals surface area (Å²) in [4.78, 5) is 36.1. The Balaban J connectivity index is 2.18. The number of hydrogen-bond donors (Lipinski definition) is 2. The second kappa shape index (κ2) is 8.47. The molecule has 1 atom stereocenters. The monoisotopic (exact) mass is 332 g/mol. The molecule has 1 saturated carbocycles. The molecule has 1 aromatic rings. The first-order valence-electron chi connectivity index (χ1n) is 8.28. The van der Waals surface area contributed by atoms with Gasteiger partial charge in [-0.25, -0.2) is 4.79 Å². The maximum Gasteiger partial charge on any atom is 0.328 e. The van der Waals surface area contributed by atoms with Gasteiger partial charge < -0.3 is 15.4 Å². The van der Waals surface area contributed by atoms with E-state index in [-0.39, 0.29) is 17.7 Å². The predicted molar refractivity (Wildman–Crippen MR) is 90.6 cm³/mol. The quantitative estimate of drug-likeness (QED) is 0.811. The Labute approximate surface area is 142 Å². The maximum absolute atomic E-state index is 12.7. The fourth-order valence-corrected chi connectivity index (χ4v) is 3.16. The maximum atomic E-state index is 12.7. The largest absolute Gasteiger partial charge is 0.467 e. The number of carbonyl (C=O) groups excluding carboxylic acids is 3. The molecule has 0 radical (unpaired) electrons. The minimum Gasteiger partial charge on any atom is -0.467 e. The van der Waals surface area contributed by atoms with Gasteiger partial charge in [-0.3, -0.25) is 9.59 Å². The van der Waals surface area contributed by atoms with E-state index >= 15 is 0 Å². The van der Waals surface area contributed by atoms with Crippen molar-refractivity contribution in [3.8, 4) is 0 Å². The van der Waals surface area contributed by atoms with Gasteiger partial charge in [0.1, 0.15) is 6.04 Å². The fourth-order valence-electron chi connectivity index (χ4n) is 3.16. The lowest BCUT2D eigenvalue weighted by Gasteiger charge is -2.29. The number of nitrogens with one attached hydrogen (secondary N) is 2. The van der Waals surface area contributed by atoms with Crippen LogP contribution in [-0.2, 0) is 14.3 Å². The molecule has 1 fully saturated rings. The Morgan fingerprint density at radius 3 is 2.42 bits per heavy atom. The molecule has 1 aliphatic carbocycles. The summed E-state index contributed by atoms with van der Waals surface area (Å²) in [5.74, 6) is -0.984. The first-order chi connectivity index (χ1) is 11.5. The molecule has 0 bridgehead atoms. The van der Waals surface area contributed by atoms with E-state index in [2.05, 4.69) is 10.6 Å². The third kappa shape index (κ3) is 4.57. The fraction of sp³-hybridized carbons (Fsp3) is 0.500. The lowest BCUT2D eigenvalue weighted by Crippen LogP contribution is -2.47. The van der Waals surface area contributed by atoms with Gasteiger partial charge in [-0.1, -0.05) is 31.4 Å². The van der Waals surface area contributed by atoms with Gasteiger partial charge in [-0.15, -0.1) is 0 Å². The van der Waals surface area contributed by atoms with Crippen LogP contribution < -0.4 is 10.6 Å². The van der Waals surface area contributed by atoms with E-state index in [1.54, 1.807) is 24.3 Å². The van der Waals surface area contributed by atoms with Crippen LogP contribution in [0.25, 0.3) is 0 Å². The number of anilines is 1. The standard InChI is InChI=1S/C18H24N2O4/c1-12(21)19-15-11-7-6-10-14(15)17(22)20-16(18(23)24-2)13-8-4-3-5-9-13/h6-7,10-11,13,16H,3-5,8-9H2,1-2H3,(H,19,21)(H,20,22)/t16-/m1/s1. The second-order valence-electron chi connectivity index (χ2n) is 6.10. The Morgan fingerprint density at radius 2 is 1.79 bits per heavy atom. The van der Waals surface area contributed by atoms with Crippen molar-refractivity contribution < 1.29 is 19.1 Å². The molecule has 0 unspecified atom stereocenters. The minimum atomic E-state index is -0.659. The van der Waals surface area contributed by atoms with Crippen LogP contribution >= 0.6 is 0 Å². The zero-order valence-corrected chi connectivity index (χ0v) is 14.1. The van der Waals surface area contributed by atoms with Gasteiger partial charge in [0.25, 0.3) is 5.91 Å². The van der Waals surface area contributed by atoms with Crippen molar-refractivity contribution in [2.75, 3.05) is 12.4 Å². The molecule has 0 saturated heterocycles. The third-order valence-corrected chi connectivity index (χ3v) is 4.35. The zero-order valence-electron chi connectivity index (χ0n) is 14.1. The summed E-state index contributed by atoms with van der Waals surface area (Å²) >= 11 is 0. The van der Waals surface area contributed by atoms with E-state index < -0.39 is 12.0 Å². The zero-order chi connectivity index (χ0) is 17.5. The smallest absolute Gasteiger partial charge is 0.328 e. The molecular weight excluding hydrogens is 308 g/mol. The van der Waals surface area contributed by atoms with Crippen LogP contribution in [0.1, 0.15) is 49.4 Å². The Morgan fingerprint density at radius 1 is 1.12 bits per heavy atom. The van der Waals surface area contributed by atoms with Crippen molar-refractivity contribution in [2.45, 2.75) is 45.1 Å². The average molecular weight is 332 g/mol. The van der Waals surface area contributed by atoms with Crippen LogP contribution in [0.15, 0.2) is 24.3 Å². The van der Waals surface area contributed by atoms with Gasteiger partial charge >= 0.3 is 5.97 Å². The lowest BCUT2D eigenvalue weighted by atomic mass is 9.83. The number of carbonyl (C=O) groups is 3. The minimum absolute atomic E-state index is 0.0862. The van der Waals surface area contributed by atoms with Gasteiger partial charge in [0.15, 0.2) is 0 Å². The molecule has 2 rings (SSSR count). The highest BCUT2D eigenvalue weighted by atomic mass is 16.5. The third-order valence-electron chi connectivity index (χ3n) is 4.35. The van der Waals surface area contributed by atoms with Crippen molar-refractivity contribution >= 4 is 23.5 Å². The molecule has 2 amide bonds. The number of para-hydroxylation sites is 1. The molecular formula is C18H24N2O4. The molecule has 2 N–H and O–H groups in total. The van der Waals surface area contributed by atoms with Gasteiger partial charge in [0.05, 0.1) is 18.4 Å². The molecule has 1 aromatic carbocycles. The highest BCUT2D eigenvalue weighted by Crippen LogP contribution is 2.27. The summed E-state index contributed by atoms with van der Waals surface area (Å²) in [6.45, 7) is 1.38. The molecule has 24 heavy (non-hydrogen) atoms. The Bertz CT molecular complexity index is 609. The molecule has 6 nitrogen and oxygen atoms in total. The van der Waals surface area contributed by atoms with E-state index in [1.165, 1.54) is 14.0 Å². The summed E-state index contributed by atoms with van der Waals surface area (Å²) in [5.41, 5.74) is 0.757. The molecule has 0 aromatic heterocycles. The van der Waals surface area contributed by atoms with Crippen molar-refractivity contribution in [1.29, 1.82) is 0 Å². The highest BCUT2D eigenvalue weighted by molar-refractivity contribution is 6.04. The van der Waals surface area contributed by atoms with Gasteiger partial charge in [-0.2, -0.15) is 0 Å². The van der Waals surface area contributed by atoms with E-state index in [1.807, 2.05) is 0 Å². The first-order valence-corrected chi connectivity index (χ1v) is 8.28. The first kappa shape index (κ1) is 18.0. The van der Waals surface area contributed by atoms with E-state index in [0.717, 1.165) is 32.1 Å². The summed E-state index contributed by atoms with van der Waals surface area (Å²) in [7, 11) is 1.33. The topological polar surface area (TPSA) is 84.5 Å². The number of methoxy groups -OCH3 is 1. The van der Waals surface area contributed by atoms with Crippen molar-refractivity contribution in [1.82, 2.24) is 5.32 Å². The van der Waals surface area contributed by atoms with Crippen LogP contribution in [0.2, 0.25) is 0 Å². The van der Waals surface area contributed by atoms with Gasteiger partial charge in [0, 0.05) is 6.92 Å². The Kier molecular flexibility index (Phi) is 6.35. The normalized spacial score (nSPS) is 16.1. The van der Waals surface area contributed by atoms with Crippen LogP contribution in [0.4, 0.5) is 5.69 Å². The summed E-state index contributed by atoms with van der Waals surface area (Å²) in [5, 5.41) is 5.44. The van der Waals surface area contributed by atoms with E-state index in [4.69, 9.17) is 4.74 Å². The van der Waals surface area contributed by atoms with Crippen LogP contribution in [-0.4, -0.2) is 30.9 Å². The number of amides is 2. The number of rotatable bonds is 5. The number of hydrogen-bond acceptors (Lipinski definition) is 4. The molecule has 0 aliphatic heterocycles. The lowest BCUT2D eigenvalue weighted by molar-refractivity contribution is -0.144. The SMILES string of the molecule is COC(=O)[C@H](NC(=O)c1ccccc1NC(C)=O)C1CCCCC1. The average Bonchev–Trinajstić information content (AvgIpc) is 2.59. The molecule has 1 aliphatic rings. The molecule has 130 valence electrons. The van der Waals surface area contributed by atoms with Crippen LogP contribution in [0.3, 0.4) is 0 Å². The molecule has 0 heterocycles. The molecule has 0 spiro atoms. The van der Waals surface area contributed by atoms with Crippen molar-refractivity contribution in [3.05, 3.63) is 29.8 Å². The summed E-state index contributed by atoms with van der Waals surface area (Å²) in [6, 6.07) is 6.07. The number of benzene rings is 1. The summed E-state index contributed by atoms with van der Waals surface area (Å²) < 4.78 is 4.87. The van der Waals surface area contributed by atoms with E-state index in [0.29, 0.717) is 11.3 Å². The van der Waals surface area contributed by atoms with Gasteiger partial charge in [0.2, 0.25) is 5.91 Å². The predicted octanol–water partition coefficient (Wildman–Crippen LogP) is 2.50. The Hall–Kier alpha value is -2.37. The van der Waals surface area contributed by atoms with Crippen LogP contribution in [0, 0.1) is 5.92 Å². The summed E-state index contributed by atoms with van der Waals surface area (Å²) in [6.07, 6.45) is 5.05. The highest BCUT2D eigenvalue weighted by Gasteiger charge is 2.32.